The number of rotatable bonds is 0. The zero-order chi connectivity index (χ0) is 20.5. The molecule has 0 aliphatic carbocycles. The highest BCUT2D eigenvalue weighted by atomic mass is 19.2. The SMILES string of the molecule is F[n+]1ccccc1.F[n+]1ccccc1.F[n+]1ccccc1.F[n+]1ccccc1.[F-].[F-].[F-].[F-]. The summed E-state index contributed by atoms with van der Waals surface area (Å²) >= 11 is 0. The topological polar surface area (TPSA) is 15.5 Å². The Bertz CT molecular complexity index is 711. The number of hydrogen-bond donors (Lipinski definition) is 0. The standard InChI is InChI=1S/4C5H5FN.4FH/c4*6-7-4-2-1-3-5-7;;;;/h4*1-5H;4*1H/q4*+1;;;;/p-4. The van der Waals surface area contributed by atoms with Crippen LogP contribution in [-0.4, -0.2) is 0 Å². The molecule has 0 aromatic carbocycles. The minimum Gasteiger partial charge on any atom is -1.00 e. The summed E-state index contributed by atoms with van der Waals surface area (Å²) < 4.78 is 47.3. The second-order valence-electron chi connectivity index (χ2n) is 4.88. The molecular formula is C20H20F8N4. The van der Waals surface area contributed by atoms with Gasteiger partial charge in [0.2, 0.25) is 49.6 Å². The summed E-state index contributed by atoms with van der Waals surface area (Å²) in [7, 11) is 0. The molecular weight excluding hydrogens is 448 g/mol. The molecule has 4 nitrogen and oxygen atoms in total. The third-order valence-corrected chi connectivity index (χ3v) is 2.72. The Balaban J connectivity index is -0.000000157. The van der Waals surface area contributed by atoms with E-state index in [1.807, 2.05) is 0 Å². The van der Waals surface area contributed by atoms with Gasteiger partial charge in [-0.05, 0) is 0 Å². The van der Waals surface area contributed by atoms with Gasteiger partial charge in [-0.1, -0.05) is 24.3 Å². The molecule has 4 aromatic rings. The van der Waals surface area contributed by atoms with E-state index < -0.39 is 0 Å². The van der Waals surface area contributed by atoms with Gasteiger partial charge >= 0.3 is 0 Å². The molecule has 0 aliphatic rings. The molecule has 32 heavy (non-hydrogen) atoms. The van der Waals surface area contributed by atoms with Crippen molar-refractivity contribution in [3.63, 3.8) is 0 Å². The zero-order valence-corrected chi connectivity index (χ0v) is 16.4. The summed E-state index contributed by atoms with van der Waals surface area (Å²) in [6.07, 6.45) is 10.7. The molecule has 0 amide bonds. The molecule has 0 radical (unpaired) electrons. The van der Waals surface area contributed by atoms with Crippen LogP contribution in [0.2, 0.25) is 0 Å². The van der Waals surface area contributed by atoms with Crippen LogP contribution in [0, 0.1) is 0 Å². The summed E-state index contributed by atoms with van der Waals surface area (Å²) in [6.45, 7) is 0. The minimum atomic E-state index is 0. The van der Waals surface area contributed by atoms with E-state index in [2.05, 4.69) is 0 Å². The molecule has 0 atom stereocenters. The Labute approximate surface area is 179 Å². The lowest BCUT2D eigenvalue weighted by atomic mass is 10.5. The van der Waals surface area contributed by atoms with E-state index in [1.165, 1.54) is 49.6 Å². The van der Waals surface area contributed by atoms with Gasteiger partial charge in [-0.25, -0.2) is 0 Å². The van der Waals surface area contributed by atoms with Crippen LogP contribution in [0.5, 0.6) is 0 Å². The van der Waals surface area contributed by atoms with E-state index in [0.717, 1.165) is 0 Å². The first kappa shape index (κ1) is 35.5. The van der Waals surface area contributed by atoms with Gasteiger partial charge < -0.3 is 18.8 Å². The van der Waals surface area contributed by atoms with E-state index in [9.17, 15) is 17.9 Å². The average molecular weight is 468 g/mol. The lowest BCUT2D eigenvalue weighted by Crippen LogP contribution is -3.00. The van der Waals surface area contributed by atoms with E-state index in [4.69, 9.17) is 0 Å². The predicted molar refractivity (Wildman–Crippen MR) is 92.6 cm³/mol. The molecule has 0 saturated carbocycles. The number of aromatic nitrogens is 4. The molecule has 0 spiro atoms. The summed E-state index contributed by atoms with van der Waals surface area (Å²) in [5, 5.41) is 0. The van der Waals surface area contributed by atoms with Gasteiger partial charge in [0, 0.05) is 67.7 Å². The fourth-order valence-electron chi connectivity index (χ4n) is 1.51. The molecule has 0 N–H and O–H groups in total. The van der Waals surface area contributed by atoms with Crippen molar-refractivity contribution in [2.75, 3.05) is 0 Å². The molecule has 4 aromatic heterocycles. The molecule has 4 heterocycles. The fraction of sp³-hybridized carbons (Fsp3) is 0. The van der Waals surface area contributed by atoms with Gasteiger partial charge in [-0.2, -0.15) is 0 Å². The van der Waals surface area contributed by atoms with Gasteiger partial charge in [0.1, 0.15) is 0 Å². The fourth-order valence-corrected chi connectivity index (χ4v) is 1.51. The molecule has 0 unspecified atom stereocenters. The van der Waals surface area contributed by atoms with Crippen molar-refractivity contribution in [1.82, 2.24) is 0 Å². The summed E-state index contributed by atoms with van der Waals surface area (Å²) in [6, 6.07) is 20.0. The van der Waals surface area contributed by atoms with E-state index in [1.54, 1.807) is 72.8 Å². The zero-order valence-electron chi connectivity index (χ0n) is 16.4. The lowest BCUT2D eigenvalue weighted by Gasteiger charge is -1.69. The first-order valence-corrected chi connectivity index (χ1v) is 8.08. The third kappa shape index (κ3) is 20.8. The molecule has 4 rings (SSSR count). The number of pyridine rings is 4. The molecule has 176 valence electrons. The van der Waals surface area contributed by atoms with Gasteiger partial charge in [0.25, 0.3) is 0 Å². The maximum Gasteiger partial charge on any atom is 0.218 e. The highest BCUT2D eigenvalue weighted by molar-refractivity contribution is 4.84. The minimum absolute atomic E-state index is 0. The molecule has 0 bridgehead atoms. The Kier molecular flexibility index (Phi) is 25.9. The normalized spacial score (nSPS) is 7.62. The van der Waals surface area contributed by atoms with Crippen LogP contribution in [0.25, 0.3) is 0 Å². The van der Waals surface area contributed by atoms with Crippen LogP contribution in [-0.2, 0) is 0 Å². The second kappa shape index (κ2) is 23.3. The number of nitrogens with zero attached hydrogens (tertiary/aromatic N) is 4. The van der Waals surface area contributed by atoms with Gasteiger partial charge in [0.05, 0.1) is 17.9 Å². The highest BCUT2D eigenvalue weighted by Crippen LogP contribution is 1.75. The predicted octanol–water partition coefficient (Wildman–Crippen LogP) is -9.16. The largest absolute Gasteiger partial charge is 1.00 e. The lowest BCUT2D eigenvalue weighted by molar-refractivity contribution is -0.843. The number of hydrogen-bond acceptors (Lipinski definition) is 0. The van der Waals surface area contributed by atoms with Crippen molar-refractivity contribution >= 4 is 0 Å². The van der Waals surface area contributed by atoms with Crippen LogP contribution in [0.1, 0.15) is 0 Å². The quantitative estimate of drug-likeness (QED) is 0.228. The van der Waals surface area contributed by atoms with Crippen LogP contribution in [0.3, 0.4) is 0 Å². The molecule has 0 aliphatic heterocycles. The van der Waals surface area contributed by atoms with Crippen LogP contribution < -0.4 is 38.0 Å². The van der Waals surface area contributed by atoms with Gasteiger partial charge in [0.15, 0.2) is 0 Å². The monoisotopic (exact) mass is 468 g/mol. The van der Waals surface area contributed by atoms with Gasteiger partial charge in [-0.15, -0.1) is 0 Å². The third-order valence-electron chi connectivity index (χ3n) is 2.72. The van der Waals surface area contributed by atoms with Crippen LogP contribution >= 0.6 is 0 Å². The maximum absolute atomic E-state index is 11.8. The molecule has 12 heteroatoms. The second-order valence-corrected chi connectivity index (χ2v) is 4.88. The van der Waals surface area contributed by atoms with E-state index >= 15 is 0 Å². The average Bonchev–Trinajstić information content (AvgIpc) is 2.72. The Hall–Kier alpha value is -3.96. The van der Waals surface area contributed by atoms with Crippen LogP contribution in [0.4, 0.5) is 17.9 Å². The van der Waals surface area contributed by atoms with E-state index in [-0.39, 0.29) is 18.8 Å². The van der Waals surface area contributed by atoms with Crippen molar-refractivity contribution in [3.8, 4) is 0 Å². The highest BCUT2D eigenvalue weighted by Gasteiger charge is 1.88. The first-order chi connectivity index (χ1) is 13.6. The van der Waals surface area contributed by atoms with Crippen molar-refractivity contribution in [2.45, 2.75) is 0 Å². The Morgan fingerprint density at radius 2 is 0.375 bits per heavy atom. The van der Waals surface area contributed by atoms with E-state index in [0.29, 0.717) is 19.2 Å². The first-order valence-electron chi connectivity index (χ1n) is 8.08. The van der Waals surface area contributed by atoms with Crippen molar-refractivity contribution in [1.29, 1.82) is 0 Å². The summed E-state index contributed by atoms with van der Waals surface area (Å²) in [5.41, 5.74) is 0. The van der Waals surface area contributed by atoms with Crippen molar-refractivity contribution in [2.24, 2.45) is 0 Å². The van der Waals surface area contributed by atoms with Crippen molar-refractivity contribution < 1.29 is 55.9 Å². The smallest absolute Gasteiger partial charge is 0.218 e. The summed E-state index contributed by atoms with van der Waals surface area (Å²) in [4.78, 5) is 2.00. The molecule has 0 saturated heterocycles. The Morgan fingerprint density at radius 3 is 0.438 bits per heavy atom. The van der Waals surface area contributed by atoms with Crippen LogP contribution in [0.15, 0.2) is 122 Å². The van der Waals surface area contributed by atoms with Crippen molar-refractivity contribution in [3.05, 3.63) is 122 Å². The summed E-state index contributed by atoms with van der Waals surface area (Å²) in [5.74, 6) is 0. The number of halogens is 8. The maximum atomic E-state index is 11.8. The molecule has 0 fully saturated rings. The van der Waals surface area contributed by atoms with Gasteiger partial charge in [-0.3, -0.25) is 0 Å². The Morgan fingerprint density at radius 1 is 0.250 bits per heavy atom.